The van der Waals surface area contributed by atoms with Gasteiger partial charge in [-0.3, -0.25) is 0 Å². The molecule has 0 heterocycles. The molecule has 0 unspecified atom stereocenters. The smallest absolute Gasteiger partial charge is 0.138 e. The molecule has 0 radical (unpaired) electrons. The van der Waals surface area contributed by atoms with Crippen molar-refractivity contribution in [2.24, 2.45) is 5.73 Å². The van der Waals surface area contributed by atoms with Crippen molar-refractivity contribution < 1.29 is 9.47 Å². The van der Waals surface area contributed by atoms with Crippen LogP contribution in [0.1, 0.15) is 11.1 Å². The Bertz CT molecular complexity index is 570. The van der Waals surface area contributed by atoms with Gasteiger partial charge in [0.25, 0.3) is 0 Å². The molecule has 2 N–H and O–H groups in total. The summed E-state index contributed by atoms with van der Waals surface area (Å²) in [6.07, 6.45) is 0.884. The quantitative estimate of drug-likeness (QED) is 0.795. The van der Waals surface area contributed by atoms with Gasteiger partial charge in [-0.25, -0.2) is 0 Å². The Balaban J connectivity index is 1.77. The Hall–Kier alpha value is -1.71. The van der Waals surface area contributed by atoms with Gasteiger partial charge in [0.05, 0.1) is 5.02 Å². The maximum absolute atomic E-state index is 6.06. The molecule has 0 bridgehead atoms. The topological polar surface area (TPSA) is 44.5 Å². The van der Waals surface area contributed by atoms with Crippen LogP contribution in [0.2, 0.25) is 5.02 Å². The lowest BCUT2D eigenvalue weighted by Gasteiger charge is -2.10. The highest BCUT2D eigenvalue weighted by molar-refractivity contribution is 6.32. The highest BCUT2D eigenvalue weighted by atomic mass is 35.5. The van der Waals surface area contributed by atoms with Crippen LogP contribution in [-0.2, 0) is 6.42 Å². The minimum Gasteiger partial charge on any atom is -0.490 e. The molecule has 0 aliphatic heterocycles. The number of rotatable bonds is 7. The Labute approximate surface area is 130 Å². The molecule has 2 aromatic rings. The number of nitrogens with two attached hydrogens (primary N) is 1. The van der Waals surface area contributed by atoms with E-state index < -0.39 is 0 Å². The summed E-state index contributed by atoms with van der Waals surface area (Å²) >= 11 is 6.06. The van der Waals surface area contributed by atoms with Gasteiger partial charge >= 0.3 is 0 Å². The van der Waals surface area contributed by atoms with Crippen LogP contribution in [0.4, 0.5) is 0 Å². The molecular weight excluding hydrogens is 286 g/mol. The van der Waals surface area contributed by atoms with Crippen LogP contribution in [0, 0.1) is 6.92 Å². The van der Waals surface area contributed by atoms with Gasteiger partial charge < -0.3 is 15.2 Å². The van der Waals surface area contributed by atoms with Crippen molar-refractivity contribution in [3.05, 3.63) is 58.6 Å². The zero-order chi connectivity index (χ0) is 15.1. The van der Waals surface area contributed by atoms with E-state index in [4.69, 9.17) is 26.8 Å². The van der Waals surface area contributed by atoms with Crippen molar-refractivity contribution in [2.75, 3.05) is 19.8 Å². The van der Waals surface area contributed by atoms with E-state index in [1.54, 1.807) is 0 Å². The molecule has 0 aromatic heterocycles. The van der Waals surface area contributed by atoms with Gasteiger partial charge in [0.1, 0.15) is 24.7 Å². The van der Waals surface area contributed by atoms with Gasteiger partial charge in [0, 0.05) is 0 Å². The number of hydrogen-bond acceptors (Lipinski definition) is 3. The van der Waals surface area contributed by atoms with Crippen LogP contribution in [0.15, 0.2) is 42.5 Å². The maximum atomic E-state index is 6.06. The molecule has 2 rings (SSSR count). The second-order valence-corrected chi connectivity index (χ2v) is 5.22. The van der Waals surface area contributed by atoms with Crippen molar-refractivity contribution in [1.82, 2.24) is 0 Å². The number of ether oxygens (including phenoxy) is 2. The summed E-state index contributed by atoms with van der Waals surface area (Å²) in [5, 5.41) is 0.617. The average molecular weight is 306 g/mol. The number of benzene rings is 2. The van der Waals surface area contributed by atoms with E-state index in [1.165, 1.54) is 5.56 Å². The molecule has 0 aliphatic rings. The Morgan fingerprint density at radius 2 is 1.71 bits per heavy atom. The van der Waals surface area contributed by atoms with Crippen LogP contribution in [0.25, 0.3) is 0 Å². The van der Waals surface area contributed by atoms with Crippen LogP contribution >= 0.6 is 11.6 Å². The van der Waals surface area contributed by atoms with E-state index in [-0.39, 0.29) is 0 Å². The first-order valence-corrected chi connectivity index (χ1v) is 7.37. The minimum atomic E-state index is 0.452. The summed E-state index contributed by atoms with van der Waals surface area (Å²) in [6, 6.07) is 13.7. The second kappa shape index (κ2) is 7.91. The van der Waals surface area contributed by atoms with Crippen molar-refractivity contribution in [3.8, 4) is 11.5 Å². The van der Waals surface area contributed by atoms with Crippen molar-refractivity contribution >= 4 is 11.6 Å². The predicted octanol–water partition coefficient (Wildman–Crippen LogP) is 3.61. The van der Waals surface area contributed by atoms with Crippen LogP contribution < -0.4 is 15.2 Å². The van der Waals surface area contributed by atoms with Gasteiger partial charge in [0.2, 0.25) is 0 Å². The highest BCUT2D eigenvalue weighted by Gasteiger charge is 2.02. The van der Waals surface area contributed by atoms with Crippen LogP contribution in [0.3, 0.4) is 0 Å². The van der Waals surface area contributed by atoms with Crippen molar-refractivity contribution in [2.45, 2.75) is 13.3 Å². The molecule has 0 saturated heterocycles. The number of halogens is 1. The Kier molecular flexibility index (Phi) is 5.90. The summed E-state index contributed by atoms with van der Waals surface area (Å²) in [7, 11) is 0. The van der Waals surface area contributed by atoms with Crippen LogP contribution in [0.5, 0.6) is 11.5 Å². The van der Waals surface area contributed by atoms with E-state index in [9.17, 15) is 0 Å². The minimum absolute atomic E-state index is 0.452. The lowest BCUT2D eigenvalue weighted by atomic mass is 10.1. The number of hydrogen-bond donors (Lipinski definition) is 1. The van der Waals surface area contributed by atoms with Crippen molar-refractivity contribution in [3.63, 3.8) is 0 Å². The van der Waals surface area contributed by atoms with E-state index >= 15 is 0 Å². The van der Waals surface area contributed by atoms with Gasteiger partial charge in [-0.2, -0.15) is 0 Å². The molecule has 2 aromatic carbocycles. The summed E-state index contributed by atoms with van der Waals surface area (Å²) in [5.41, 5.74) is 7.85. The first kappa shape index (κ1) is 15.7. The fraction of sp³-hybridized carbons (Fsp3) is 0.294. The third kappa shape index (κ3) is 4.96. The molecule has 4 heteroatoms. The zero-order valence-electron chi connectivity index (χ0n) is 12.1. The molecule has 0 amide bonds. The normalized spacial score (nSPS) is 10.4. The van der Waals surface area contributed by atoms with E-state index in [0.29, 0.717) is 30.5 Å². The Morgan fingerprint density at radius 1 is 1.00 bits per heavy atom. The zero-order valence-corrected chi connectivity index (χ0v) is 12.9. The standard InChI is InChI=1S/C17H20ClNO2/c1-13-2-7-16(18)17(12-13)21-11-10-20-15-5-3-14(4-6-15)8-9-19/h2-7,12H,8-11,19H2,1H3. The molecule has 0 saturated carbocycles. The molecule has 0 spiro atoms. The lowest BCUT2D eigenvalue weighted by Crippen LogP contribution is -2.09. The summed E-state index contributed by atoms with van der Waals surface area (Å²) in [5.74, 6) is 1.52. The second-order valence-electron chi connectivity index (χ2n) is 4.81. The molecule has 0 atom stereocenters. The third-order valence-corrected chi connectivity index (χ3v) is 3.36. The van der Waals surface area contributed by atoms with E-state index in [0.717, 1.165) is 17.7 Å². The molecule has 3 nitrogen and oxygen atoms in total. The molecule has 112 valence electrons. The van der Waals surface area contributed by atoms with Gasteiger partial charge in [0.15, 0.2) is 0 Å². The SMILES string of the molecule is Cc1ccc(Cl)c(OCCOc2ccc(CCN)cc2)c1. The molecule has 0 aliphatic carbocycles. The Morgan fingerprint density at radius 3 is 2.43 bits per heavy atom. The maximum Gasteiger partial charge on any atom is 0.138 e. The van der Waals surface area contributed by atoms with E-state index in [1.807, 2.05) is 49.4 Å². The summed E-state index contributed by atoms with van der Waals surface area (Å²) < 4.78 is 11.3. The fourth-order valence-electron chi connectivity index (χ4n) is 1.95. The lowest BCUT2D eigenvalue weighted by molar-refractivity contribution is 0.217. The molecule has 21 heavy (non-hydrogen) atoms. The van der Waals surface area contributed by atoms with E-state index in [2.05, 4.69) is 0 Å². The largest absolute Gasteiger partial charge is 0.490 e. The first-order valence-electron chi connectivity index (χ1n) is 7.00. The monoisotopic (exact) mass is 305 g/mol. The fourth-order valence-corrected chi connectivity index (χ4v) is 2.12. The molecular formula is C17H20ClNO2. The van der Waals surface area contributed by atoms with Crippen molar-refractivity contribution in [1.29, 1.82) is 0 Å². The van der Waals surface area contributed by atoms with Gasteiger partial charge in [-0.05, 0) is 55.3 Å². The summed E-state index contributed by atoms with van der Waals surface area (Å²) in [4.78, 5) is 0. The number of aryl methyl sites for hydroxylation is 1. The predicted molar refractivity (Wildman–Crippen MR) is 86.4 cm³/mol. The highest BCUT2D eigenvalue weighted by Crippen LogP contribution is 2.25. The van der Waals surface area contributed by atoms with Gasteiger partial charge in [-0.15, -0.1) is 0 Å². The third-order valence-electron chi connectivity index (χ3n) is 3.05. The molecule has 0 fully saturated rings. The van der Waals surface area contributed by atoms with Gasteiger partial charge in [-0.1, -0.05) is 29.8 Å². The first-order chi connectivity index (χ1) is 10.2. The average Bonchev–Trinajstić information content (AvgIpc) is 2.49. The van der Waals surface area contributed by atoms with Crippen LogP contribution in [-0.4, -0.2) is 19.8 Å². The summed E-state index contributed by atoms with van der Waals surface area (Å²) in [6.45, 7) is 3.59.